The number of nitrogens with zero attached hydrogens (tertiary/aromatic N) is 1. The molecular weight excluding hydrogens is 158 g/mol. The first kappa shape index (κ1) is 11.0. The summed E-state index contributed by atoms with van der Waals surface area (Å²) >= 11 is 0. The molecule has 0 spiro atoms. The van der Waals surface area contributed by atoms with Gasteiger partial charge in [-0.2, -0.15) is 0 Å². The second-order valence-electron chi connectivity index (χ2n) is 4.96. The van der Waals surface area contributed by atoms with E-state index in [1.165, 1.54) is 43.3 Å². The standard InChI is InChI=1S/C12H26N/c1-5-12(4)13(11(2)3)9-7-6-8-10-13/h11-12H,5-10H2,1-4H3/q+1. The first-order valence-corrected chi connectivity index (χ1v) is 6.00. The molecule has 0 aromatic carbocycles. The van der Waals surface area contributed by atoms with Gasteiger partial charge in [0, 0.05) is 0 Å². The van der Waals surface area contributed by atoms with Gasteiger partial charge in [0.15, 0.2) is 0 Å². The first-order chi connectivity index (χ1) is 6.13. The van der Waals surface area contributed by atoms with Gasteiger partial charge in [-0.25, -0.2) is 0 Å². The molecule has 1 aliphatic heterocycles. The van der Waals surface area contributed by atoms with Crippen LogP contribution in [0.2, 0.25) is 0 Å². The minimum Gasteiger partial charge on any atom is -0.319 e. The molecule has 1 aliphatic rings. The molecule has 0 aliphatic carbocycles. The number of quaternary nitrogens is 1. The number of hydrogen-bond acceptors (Lipinski definition) is 0. The first-order valence-electron chi connectivity index (χ1n) is 6.00. The Hall–Kier alpha value is -0.0400. The minimum absolute atomic E-state index is 0.815. The average Bonchev–Trinajstić information content (AvgIpc) is 2.17. The van der Waals surface area contributed by atoms with Crippen molar-refractivity contribution in [3.8, 4) is 0 Å². The van der Waals surface area contributed by atoms with Gasteiger partial charge in [-0.15, -0.1) is 0 Å². The highest BCUT2D eigenvalue weighted by Crippen LogP contribution is 2.27. The highest BCUT2D eigenvalue weighted by Gasteiger charge is 2.37. The summed E-state index contributed by atoms with van der Waals surface area (Å²) in [5, 5.41) is 0. The molecule has 1 atom stereocenters. The lowest BCUT2D eigenvalue weighted by atomic mass is 9.99. The number of piperidine rings is 1. The fourth-order valence-corrected chi connectivity index (χ4v) is 2.93. The quantitative estimate of drug-likeness (QED) is 0.591. The van der Waals surface area contributed by atoms with Crippen LogP contribution in [-0.2, 0) is 0 Å². The van der Waals surface area contributed by atoms with Gasteiger partial charge in [0.25, 0.3) is 0 Å². The van der Waals surface area contributed by atoms with E-state index < -0.39 is 0 Å². The molecule has 1 fully saturated rings. The fourth-order valence-electron chi connectivity index (χ4n) is 2.93. The minimum atomic E-state index is 0.815. The lowest BCUT2D eigenvalue weighted by Crippen LogP contribution is -2.60. The van der Waals surface area contributed by atoms with E-state index in [-0.39, 0.29) is 0 Å². The molecular formula is C12H26N+. The van der Waals surface area contributed by atoms with E-state index >= 15 is 0 Å². The molecule has 0 aromatic rings. The Labute approximate surface area is 83.7 Å². The highest BCUT2D eigenvalue weighted by atomic mass is 15.4. The van der Waals surface area contributed by atoms with Crippen LogP contribution in [0.4, 0.5) is 0 Å². The summed E-state index contributed by atoms with van der Waals surface area (Å²) in [6, 6.07) is 1.68. The lowest BCUT2D eigenvalue weighted by molar-refractivity contribution is -0.972. The molecule has 1 heteroatoms. The van der Waals surface area contributed by atoms with Crippen LogP contribution >= 0.6 is 0 Å². The molecule has 78 valence electrons. The molecule has 1 unspecified atom stereocenters. The Balaban J connectivity index is 2.72. The predicted molar refractivity (Wildman–Crippen MR) is 58.7 cm³/mol. The number of rotatable bonds is 3. The Morgan fingerprint density at radius 3 is 1.92 bits per heavy atom. The summed E-state index contributed by atoms with van der Waals surface area (Å²) in [4.78, 5) is 0. The zero-order valence-corrected chi connectivity index (χ0v) is 9.84. The molecule has 13 heavy (non-hydrogen) atoms. The number of likely N-dealkylation sites (tertiary alicyclic amines) is 1. The highest BCUT2D eigenvalue weighted by molar-refractivity contribution is 4.62. The van der Waals surface area contributed by atoms with Gasteiger partial charge < -0.3 is 4.48 Å². The third-order valence-electron chi connectivity index (χ3n) is 4.15. The van der Waals surface area contributed by atoms with Crippen molar-refractivity contribution >= 4 is 0 Å². The topological polar surface area (TPSA) is 0 Å². The maximum Gasteiger partial charge on any atom is 0.0861 e. The van der Waals surface area contributed by atoms with Crippen molar-refractivity contribution in [3.05, 3.63) is 0 Å². The second-order valence-corrected chi connectivity index (χ2v) is 4.96. The van der Waals surface area contributed by atoms with Gasteiger partial charge in [0.1, 0.15) is 0 Å². The number of hydrogen-bond donors (Lipinski definition) is 0. The van der Waals surface area contributed by atoms with Crippen LogP contribution in [0, 0.1) is 0 Å². The van der Waals surface area contributed by atoms with E-state index in [9.17, 15) is 0 Å². The Bertz CT molecular complexity index is 145. The summed E-state index contributed by atoms with van der Waals surface area (Å²) in [6.07, 6.45) is 5.69. The molecule has 0 N–H and O–H groups in total. The SMILES string of the molecule is CCC(C)[N+]1(C(C)C)CCCCC1. The molecule has 1 heterocycles. The lowest BCUT2D eigenvalue weighted by Gasteiger charge is -2.49. The zero-order valence-electron chi connectivity index (χ0n) is 9.84. The van der Waals surface area contributed by atoms with Gasteiger partial charge in [0.2, 0.25) is 0 Å². The van der Waals surface area contributed by atoms with Crippen LogP contribution in [0.25, 0.3) is 0 Å². The van der Waals surface area contributed by atoms with Crippen molar-refractivity contribution in [2.45, 2.75) is 65.5 Å². The average molecular weight is 184 g/mol. The van der Waals surface area contributed by atoms with Crippen molar-refractivity contribution in [1.29, 1.82) is 0 Å². The third-order valence-corrected chi connectivity index (χ3v) is 4.15. The van der Waals surface area contributed by atoms with Gasteiger partial charge >= 0.3 is 0 Å². The summed E-state index contributed by atoms with van der Waals surface area (Å²) in [6.45, 7) is 12.4. The van der Waals surface area contributed by atoms with Crippen LogP contribution in [0.1, 0.15) is 53.4 Å². The van der Waals surface area contributed by atoms with Crippen molar-refractivity contribution in [3.63, 3.8) is 0 Å². The molecule has 0 aromatic heterocycles. The summed E-state index contributed by atoms with van der Waals surface area (Å²) in [5.41, 5.74) is 0. The largest absolute Gasteiger partial charge is 0.319 e. The van der Waals surface area contributed by atoms with Gasteiger partial charge in [-0.3, -0.25) is 0 Å². The summed E-state index contributed by atoms with van der Waals surface area (Å²) in [5.74, 6) is 0. The summed E-state index contributed by atoms with van der Waals surface area (Å²) in [7, 11) is 0. The van der Waals surface area contributed by atoms with Gasteiger partial charge in [-0.1, -0.05) is 6.92 Å². The molecule has 1 rings (SSSR count). The van der Waals surface area contributed by atoms with Crippen LogP contribution < -0.4 is 0 Å². The Kier molecular flexibility index (Phi) is 3.78. The van der Waals surface area contributed by atoms with Crippen LogP contribution in [0.5, 0.6) is 0 Å². The van der Waals surface area contributed by atoms with Crippen molar-refractivity contribution in [1.82, 2.24) is 0 Å². The maximum atomic E-state index is 2.44. The molecule has 0 radical (unpaired) electrons. The third kappa shape index (κ3) is 2.07. The van der Waals surface area contributed by atoms with E-state index in [0.717, 1.165) is 12.1 Å². The molecule has 1 saturated heterocycles. The molecule has 0 saturated carbocycles. The van der Waals surface area contributed by atoms with Gasteiger partial charge in [0.05, 0.1) is 25.2 Å². The van der Waals surface area contributed by atoms with E-state index in [4.69, 9.17) is 0 Å². The van der Waals surface area contributed by atoms with E-state index in [0.29, 0.717) is 0 Å². The Morgan fingerprint density at radius 2 is 1.54 bits per heavy atom. The van der Waals surface area contributed by atoms with Crippen LogP contribution in [0.15, 0.2) is 0 Å². The fraction of sp³-hybridized carbons (Fsp3) is 1.00. The van der Waals surface area contributed by atoms with Crippen LogP contribution in [0.3, 0.4) is 0 Å². The summed E-state index contributed by atoms with van der Waals surface area (Å²) < 4.78 is 1.39. The molecule has 0 amide bonds. The normalized spacial score (nSPS) is 24.7. The van der Waals surface area contributed by atoms with Crippen molar-refractivity contribution in [2.75, 3.05) is 13.1 Å². The van der Waals surface area contributed by atoms with E-state index in [1.54, 1.807) is 0 Å². The predicted octanol–water partition coefficient (Wildman–Crippen LogP) is 3.19. The van der Waals surface area contributed by atoms with Crippen molar-refractivity contribution < 1.29 is 4.48 Å². The molecule has 0 bridgehead atoms. The Morgan fingerprint density at radius 1 is 1.00 bits per heavy atom. The van der Waals surface area contributed by atoms with E-state index in [1.807, 2.05) is 0 Å². The maximum absolute atomic E-state index is 2.44. The van der Waals surface area contributed by atoms with Crippen LogP contribution in [-0.4, -0.2) is 29.7 Å². The smallest absolute Gasteiger partial charge is 0.0861 e. The molecule has 1 nitrogen and oxygen atoms in total. The zero-order chi connectivity index (χ0) is 9.90. The van der Waals surface area contributed by atoms with Gasteiger partial charge in [-0.05, 0) is 46.5 Å². The monoisotopic (exact) mass is 184 g/mol. The second kappa shape index (κ2) is 4.45. The van der Waals surface area contributed by atoms with Crippen molar-refractivity contribution in [2.24, 2.45) is 0 Å². The van der Waals surface area contributed by atoms with E-state index in [2.05, 4.69) is 27.7 Å².